The van der Waals surface area contributed by atoms with Crippen molar-refractivity contribution in [1.29, 1.82) is 0 Å². The summed E-state index contributed by atoms with van der Waals surface area (Å²) in [5.41, 5.74) is 0. The van der Waals surface area contributed by atoms with Crippen molar-refractivity contribution in [1.82, 2.24) is 10.2 Å². The zero-order valence-corrected chi connectivity index (χ0v) is 10.7. The fourth-order valence-electron chi connectivity index (χ4n) is 1.15. The Morgan fingerprint density at radius 3 is 2.43 bits per heavy atom. The average Bonchev–Trinajstić information content (AvgIpc) is 2.16. The van der Waals surface area contributed by atoms with Crippen LogP contribution in [0, 0.1) is 0 Å². The summed E-state index contributed by atoms with van der Waals surface area (Å²) in [6.07, 6.45) is 0. The van der Waals surface area contributed by atoms with Gasteiger partial charge in [0.2, 0.25) is 5.91 Å². The molecule has 14 heavy (non-hydrogen) atoms. The number of amides is 1. The molecule has 0 saturated heterocycles. The third kappa shape index (κ3) is 6.56. The Hall–Kier alpha value is 0.130. The van der Waals surface area contributed by atoms with Crippen molar-refractivity contribution in [2.24, 2.45) is 0 Å². The lowest BCUT2D eigenvalue weighted by atomic mass is 10.3. The molecule has 0 aliphatic carbocycles. The van der Waals surface area contributed by atoms with Crippen molar-refractivity contribution >= 4 is 31.2 Å². The highest BCUT2D eigenvalue weighted by Gasteiger charge is 2.07. The van der Waals surface area contributed by atoms with Gasteiger partial charge in [-0.3, -0.25) is 9.69 Å². The van der Waals surface area contributed by atoms with Gasteiger partial charge in [-0.2, -0.15) is 25.3 Å². The zero-order valence-electron chi connectivity index (χ0n) is 8.86. The quantitative estimate of drug-likeness (QED) is 0.568. The Kier molecular flexibility index (Phi) is 8.52. The number of thiol groups is 2. The fourth-order valence-corrected chi connectivity index (χ4v) is 1.52. The first-order valence-electron chi connectivity index (χ1n) is 4.84. The standard InChI is InChI=1S/C9H20N2OS2/c1-8(2)11(5-6-13)4-3-10-9(12)7-14/h8,13-14H,3-7H2,1-2H3,(H,10,12). The minimum atomic E-state index is -0.0112. The largest absolute Gasteiger partial charge is 0.354 e. The predicted molar refractivity (Wildman–Crippen MR) is 67.4 cm³/mol. The molecule has 0 aliphatic rings. The second-order valence-electron chi connectivity index (χ2n) is 3.36. The van der Waals surface area contributed by atoms with Crippen molar-refractivity contribution in [3.63, 3.8) is 0 Å². The first-order valence-corrected chi connectivity index (χ1v) is 6.10. The van der Waals surface area contributed by atoms with E-state index in [1.165, 1.54) is 0 Å². The minimum Gasteiger partial charge on any atom is -0.354 e. The maximum Gasteiger partial charge on any atom is 0.229 e. The average molecular weight is 236 g/mol. The van der Waals surface area contributed by atoms with Crippen LogP contribution in [0.5, 0.6) is 0 Å². The van der Waals surface area contributed by atoms with Gasteiger partial charge in [-0.05, 0) is 13.8 Å². The Bertz CT molecular complexity index is 165. The Morgan fingerprint density at radius 2 is 2.00 bits per heavy atom. The number of nitrogens with zero attached hydrogens (tertiary/aromatic N) is 1. The van der Waals surface area contributed by atoms with Gasteiger partial charge in [-0.1, -0.05) is 0 Å². The Balaban J connectivity index is 3.65. The fraction of sp³-hybridized carbons (Fsp3) is 0.889. The van der Waals surface area contributed by atoms with E-state index in [0.29, 0.717) is 12.6 Å². The number of hydrogen-bond acceptors (Lipinski definition) is 4. The smallest absolute Gasteiger partial charge is 0.229 e. The minimum absolute atomic E-state index is 0.0112. The highest BCUT2D eigenvalue weighted by Crippen LogP contribution is 1.97. The third-order valence-electron chi connectivity index (χ3n) is 1.98. The number of rotatable bonds is 7. The third-order valence-corrected chi connectivity index (χ3v) is 2.47. The summed E-state index contributed by atoms with van der Waals surface area (Å²) in [7, 11) is 0. The second kappa shape index (κ2) is 8.44. The van der Waals surface area contributed by atoms with Gasteiger partial charge in [-0.25, -0.2) is 0 Å². The van der Waals surface area contributed by atoms with E-state index in [2.05, 4.69) is 49.3 Å². The molecule has 3 nitrogen and oxygen atoms in total. The van der Waals surface area contributed by atoms with Crippen molar-refractivity contribution in [2.75, 3.05) is 31.1 Å². The van der Waals surface area contributed by atoms with Gasteiger partial charge >= 0.3 is 0 Å². The van der Waals surface area contributed by atoms with Crippen LogP contribution in [0.1, 0.15) is 13.8 Å². The molecule has 0 spiro atoms. The van der Waals surface area contributed by atoms with E-state index < -0.39 is 0 Å². The maximum absolute atomic E-state index is 10.9. The molecule has 1 amide bonds. The van der Waals surface area contributed by atoms with Gasteiger partial charge in [0.25, 0.3) is 0 Å². The number of nitrogens with one attached hydrogen (secondary N) is 1. The van der Waals surface area contributed by atoms with Crippen LogP contribution in [-0.2, 0) is 4.79 Å². The zero-order chi connectivity index (χ0) is 11.0. The number of carbonyl (C=O) groups is 1. The van der Waals surface area contributed by atoms with E-state index in [4.69, 9.17) is 0 Å². The first-order chi connectivity index (χ1) is 6.61. The maximum atomic E-state index is 10.9. The normalized spacial score (nSPS) is 11.0. The molecular weight excluding hydrogens is 216 g/mol. The van der Waals surface area contributed by atoms with Gasteiger partial charge in [0.05, 0.1) is 5.75 Å². The highest BCUT2D eigenvalue weighted by atomic mass is 32.1. The van der Waals surface area contributed by atoms with Crippen molar-refractivity contribution in [2.45, 2.75) is 19.9 Å². The molecule has 0 radical (unpaired) electrons. The van der Waals surface area contributed by atoms with Crippen LogP contribution in [-0.4, -0.2) is 48.0 Å². The van der Waals surface area contributed by atoms with Crippen LogP contribution in [0.15, 0.2) is 0 Å². The summed E-state index contributed by atoms with van der Waals surface area (Å²) in [6, 6.07) is 0.495. The molecule has 0 aliphatic heterocycles. The molecule has 0 bridgehead atoms. The van der Waals surface area contributed by atoms with Crippen molar-refractivity contribution < 1.29 is 4.79 Å². The molecule has 5 heteroatoms. The molecule has 0 atom stereocenters. The molecule has 1 N–H and O–H groups in total. The first kappa shape index (κ1) is 14.1. The molecule has 0 aromatic heterocycles. The molecule has 0 heterocycles. The molecule has 0 saturated carbocycles. The van der Waals surface area contributed by atoms with E-state index in [-0.39, 0.29) is 11.7 Å². The van der Waals surface area contributed by atoms with Crippen LogP contribution in [0.4, 0.5) is 0 Å². The van der Waals surface area contributed by atoms with E-state index in [9.17, 15) is 4.79 Å². The van der Waals surface area contributed by atoms with Crippen LogP contribution in [0.3, 0.4) is 0 Å². The molecule has 0 rings (SSSR count). The van der Waals surface area contributed by atoms with Gasteiger partial charge in [0.1, 0.15) is 0 Å². The summed E-state index contributed by atoms with van der Waals surface area (Å²) in [6.45, 7) is 6.80. The monoisotopic (exact) mass is 236 g/mol. The van der Waals surface area contributed by atoms with E-state index >= 15 is 0 Å². The SMILES string of the molecule is CC(C)N(CCS)CCNC(=O)CS. The Morgan fingerprint density at radius 1 is 1.36 bits per heavy atom. The van der Waals surface area contributed by atoms with E-state index in [1.807, 2.05) is 0 Å². The van der Waals surface area contributed by atoms with E-state index in [0.717, 1.165) is 18.8 Å². The Labute approximate surface area is 97.4 Å². The summed E-state index contributed by atoms with van der Waals surface area (Å²) in [5, 5.41) is 2.79. The summed E-state index contributed by atoms with van der Waals surface area (Å²) >= 11 is 8.08. The molecule has 0 fully saturated rings. The lowest BCUT2D eigenvalue weighted by Crippen LogP contribution is -2.39. The van der Waals surface area contributed by atoms with E-state index in [1.54, 1.807) is 0 Å². The summed E-state index contributed by atoms with van der Waals surface area (Å²) in [5.74, 6) is 1.09. The van der Waals surface area contributed by atoms with Gasteiger partial charge in [-0.15, -0.1) is 0 Å². The van der Waals surface area contributed by atoms with Crippen LogP contribution < -0.4 is 5.32 Å². The summed E-state index contributed by atoms with van der Waals surface area (Å²) < 4.78 is 0. The van der Waals surface area contributed by atoms with Gasteiger partial charge in [0, 0.05) is 31.4 Å². The lowest BCUT2D eigenvalue weighted by molar-refractivity contribution is -0.118. The lowest BCUT2D eigenvalue weighted by Gasteiger charge is -2.25. The topological polar surface area (TPSA) is 32.3 Å². The van der Waals surface area contributed by atoms with Crippen molar-refractivity contribution in [3.8, 4) is 0 Å². The van der Waals surface area contributed by atoms with Gasteiger partial charge < -0.3 is 5.32 Å². The molecule has 0 aromatic rings. The van der Waals surface area contributed by atoms with Crippen LogP contribution >= 0.6 is 25.3 Å². The number of carbonyl (C=O) groups excluding carboxylic acids is 1. The summed E-state index contributed by atoms with van der Waals surface area (Å²) in [4.78, 5) is 13.2. The predicted octanol–water partition coefficient (Wildman–Crippen LogP) is 0.673. The molecule has 84 valence electrons. The molecule has 0 unspecified atom stereocenters. The number of hydrogen-bond donors (Lipinski definition) is 3. The van der Waals surface area contributed by atoms with Crippen molar-refractivity contribution in [3.05, 3.63) is 0 Å². The molecule has 0 aromatic carbocycles. The second-order valence-corrected chi connectivity index (χ2v) is 4.12. The highest BCUT2D eigenvalue weighted by molar-refractivity contribution is 7.81. The van der Waals surface area contributed by atoms with Gasteiger partial charge in [0.15, 0.2) is 0 Å². The van der Waals surface area contributed by atoms with Crippen LogP contribution in [0.2, 0.25) is 0 Å². The van der Waals surface area contributed by atoms with Crippen LogP contribution in [0.25, 0.3) is 0 Å². The molecular formula is C9H20N2OS2.